The minimum absolute atomic E-state index is 0.00106. The lowest BCUT2D eigenvalue weighted by Gasteiger charge is -2.09. The Morgan fingerprint density at radius 3 is 2.45 bits per heavy atom. The van der Waals surface area contributed by atoms with Crippen LogP contribution < -0.4 is 0 Å². The summed E-state index contributed by atoms with van der Waals surface area (Å²) in [7, 11) is 0. The maximum atomic E-state index is 12.5. The zero-order valence-electron chi connectivity index (χ0n) is 11.2. The van der Waals surface area contributed by atoms with Crippen LogP contribution in [0, 0.1) is 28.4 Å². The number of aromatic nitrogens is 1. The molecule has 0 fully saturated rings. The van der Waals surface area contributed by atoms with E-state index in [4.69, 9.17) is 5.26 Å². The lowest BCUT2D eigenvalue weighted by molar-refractivity contribution is -0.385. The van der Waals surface area contributed by atoms with Crippen molar-refractivity contribution >= 4 is 5.69 Å². The van der Waals surface area contributed by atoms with Gasteiger partial charge in [-0.15, -0.1) is 0 Å². The van der Waals surface area contributed by atoms with E-state index >= 15 is 0 Å². The molecule has 0 atom stereocenters. The van der Waals surface area contributed by atoms with Crippen LogP contribution in [0.1, 0.15) is 16.8 Å². The minimum atomic E-state index is -4.55. The first kappa shape index (κ1) is 15.4. The van der Waals surface area contributed by atoms with Crippen LogP contribution >= 0.6 is 0 Å². The maximum Gasteiger partial charge on any atom is 0.433 e. The molecule has 0 spiro atoms. The second-order valence-corrected chi connectivity index (χ2v) is 4.48. The molecule has 2 aromatic rings. The molecule has 0 N–H and O–H groups in total. The number of nitro benzene ring substituents is 1. The van der Waals surface area contributed by atoms with E-state index in [1.807, 2.05) is 0 Å². The Kier molecular flexibility index (Phi) is 3.82. The molecule has 0 unspecified atom stereocenters. The van der Waals surface area contributed by atoms with Crippen molar-refractivity contribution < 1.29 is 18.1 Å². The van der Waals surface area contributed by atoms with Gasteiger partial charge in [-0.25, -0.2) is 0 Å². The van der Waals surface area contributed by atoms with Crippen molar-refractivity contribution in [2.75, 3.05) is 0 Å². The van der Waals surface area contributed by atoms with Crippen molar-refractivity contribution in [3.05, 3.63) is 57.4 Å². The highest BCUT2D eigenvalue weighted by Gasteiger charge is 2.32. The molecule has 1 heterocycles. The fraction of sp³-hybridized carbons (Fsp3) is 0.143. The SMILES string of the molecule is Cc1cc(-c2ccc(C(F)(F)F)nc2)c(C#N)cc1[N+](=O)[O-]. The summed E-state index contributed by atoms with van der Waals surface area (Å²) >= 11 is 0. The second kappa shape index (κ2) is 5.44. The average molecular weight is 307 g/mol. The number of nitrogens with zero attached hydrogens (tertiary/aromatic N) is 3. The molecule has 0 saturated carbocycles. The van der Waals surface area contributed by atoms with Crippen molar-refractivity contribution in [2.45, 2.75) is 13.1 Å². The highest BCUT2D eigenvalue weighted by Crippen LogP contribution is 2.32. The second-order valence-electron chi connectivity index (χ2n) is 4.48. The summed E-state index contributed by atoms with van der Waals surface area (Å²) in [5.41, 5.74) is -0.388. The molecule has 0 aliphatic rings. The largest absolute Gasteiger partial charge is 0.433 e. The summed E-state index contributed by atoms with van der Waals surface area (Å²) in [4.78, 5) is 13.6. The molecule has 1 aromatic heterocycles. The number of hydrogen-bond donors (Lipinski definition) is 0. The number of benzene rings is 1. The smallest absolute Gasteiger partial charge is 0.258 e. The van der Waals surface area contributed by atoms with Crippen molar-refractivity contribution in [1.29, 1.82) is 5.26 Å². The summed E-state index contributed by atoms with van der Waals surface area (Å²) in [6.07, 6.45) is -3.56. The monoisotopic (exact) mass is 307 g/mol. The molecule has 0 amide bonds. The molecular formula is C14H8F3N3O2. The van der Waals surface area contributed by atoms with Crippen molar-refractivity contribution in [2.24, 2.45) is 0 Å². The predicted octanol–water partition coefficient (Wildman–Crippen LogP) is 3.86. The number of nitriles is 1. The van der Waals surface area contributed by atoms with Gasteiger partial charge in [-0.05, 0) is 19.1 Å². The molecule has 5 nitrogen and oxygen atoms in total. The molecule has 1 aromatic carbocycles. The van der Waals surface area contributed by atoms with Crippen LogP contribution in [0.15, 0.2) is 30.5 Å². The van der Waals surface area contributed by atoms with E-state index in [9.17, 15) is 23.3 Å². The van der Waals surface area contributed by atoms with E-state index < -0.39 is 16.8 Å². The zero-order chi connectivity index (χ0) is 16.5. The average Bonchev–Trinajstić information content (AvgIpc) is 2.46. The van der Waals surface area contributed by atoms with Crippen LogP contribution in [-0.2, 0) is 6.18 Å². The zero-order valence-corrected chi connectivity index (χ0v) is 11.2. The summed E-state index contributed by atoms with van der Waals surface area (Å²) in [6.45, 7) is 1.49. The van der Waals surface area contributed by atoms with Crippen molar-refractivity contribution in [3.8, 4) is 17.2 Å². The Bertz CT molecular complexity index is 778. The Balaban J connectivity index is 2.56. The number of halogens is 3. The van der Waals surface area contributed by atoms with Crippen LogP contribution in [-0.4, -0.2) is 9.91 Å². The van der Waals surface area contributed by atoms with Gasteiger partial charge >= 0.3 is 6.18 Å². The van der Waals surface area contributed by atoms with Crippen LogP contribution in [0.4, 0.5) is 18.9 Å². The molecule has 0 saturated heterocycles. The highest BCUT2D eigenvalue weighted by atomic mass is 19.4. The number of aryl methyl sites for hydroxylation is 1. The summed E-state index contributed by atoms with van der Waals surface area (Å²) in [5.74, 6) is 0. The van der Waals surface area contributed by atoms with Crippen LogP contribution in [0.2, 0.25) is 0 Å². The fourth-order valence-corrected chi connectivity index (χ4v) is 1.95. The number of pyridine rings is 1. The summed E-state index contributed by atoms with van der Waals surface area (Å²) in [6, 6.07) is 6.27. The van der Waals surface area contributed by atoms with Gasteiger partial charge in [0.25, 0.3) is 5.69 Å². The number of rotatable bonds is 2. The molecular weight excluding hydrogens is 299 g/mol. The van der Waals surface area contributed by atoms with E-state index in [0.717, 1.165) is 18.3 Å². The van der Waals surface area contributed by atoms with Crippen molar-refractivity contribution in [3.63, 3.8) is 0 Å². The first-order valence-electron chi connectivity index (χ1n) is 5.97. The van der Waals surface area contributed by atoms with Crippen LogP contribution in [0.25, 0.3) is 11.1 Å². The Hall–Kier alpha value is -2.95. The van der Waals surface area contributed by atoms with Gasteiger partial charge in [0.1, 0.15) is 11.8 Å². The molecule has 8 heteroatoms. The third-order valence-electron chi connectivity index (χ3n) is 3.02. The molecule has 0 bridgehead atoms. The lowest BCUT2D eigenvalue weighted by Crippen LogP contribution is -2.07. The van der Waals surface area contributed by atoms with Gasteiger partial charge in [-0.3, -0.25) is 15.1 Å². The Morgan fingerprint density at radius 1 is 1.32 bits per heavy atom. The van der Waals surface area contributed by atoms with E-state index in [-0.39, 0.29) is 16.8 Å². The quantitative estimate of drug-likeness (QED) is 0.623. The van der Waals surface area contributed by atoms with E-state index in [0.29, 0.717) is 11.1 Å². The predicted molar refractivity (Wildman–Crippen MR) is 70.8 cm³/mol. The number of alkyl halides is 3. The maximum absolute atomic E-state index is 12.5. The Labute approximate surface area is 122 Å². The van der Waals surface area contributed by atoms with Crippen LogP contribution in [0.3, 0.4) is 0 Å². The van der Waals surface area contributed by atoms with Crippen molar-refractivity contribution in [1.82, 2.24) is 4.98 Å². The van der Waals surface area contributed by atoms with Gasteiger partial charge in [0.15, 0.2) is 0 Å². The third-order valence-corrected chi connectivity index (χ3v) is 3.02. The topological polar surface area (TPSA) is 79.8 Å². The molecule has 0 radical (unpaired) electrons. The van der Waals surface area contributed by atoms with Gasteiger partial charge in [-0.2, -0.15) is 18.4 Å². The number of hydrogen-bond acceptors (Lipinski definition) is 4. The van der Waals surface area contributed by atoms with E-state index in [1.54, 1.807) is 6.07 Å². The van der Waals surface area contributed by atoms with E-state index in [2.05, 4.69) is 4.98 Å². The van der Waals surface area contributed by atoms with Gasteiger partial charge < -0.3 is 0 Å². The standard InChI is InChI=1S/C14H8F3N3O2/c1-8-4-11(10(6-18)5-12(8)20(21)22)9-2-3-13(19-7-9)14(15,16)17/h2-5,7H,1H3. The Morgan fingerprint density at radius 2 is 2.00 bits per heavy atom. The van der Waals surface area contributed by atoms with Crippen LogP contribution in [0.5, 0.6) is 0 Å². The van der Waals surface area contributed by atoms with Gasteiger partial charge in [-0.1, -0.05) is 6.07 Å². The van der Waals surface area contributed by atoms with Gasteiger partial charge in [0.2, 0.25) is 0 Å². The minimum Gasteiger partial charge on any atom is -0.258 e. The molecule has 0 aliphatic carbocycles. The first-order chi connectivity index (χ1) is 10.2. The normalized spacial score (nSPS) is 11.0. The summed E-state index contributed by atoms with van der Waals surface area (Å²) in [5, 5.41) is 19.9. The third kappa shape index (κ3) is 2.88. The molecule has 22 heavy (non-hydrogen) atoms. The molecule has 2 rings (SSSR count). The number of nitro groups is 1. The van der Waals surface area contributed by atoms with Gasteiger partial charge in [0, 0.05) is 29.0 Å². The molecule has 112 valence electrons. The first-order valence-corrected chi connectivity index (χ1v) is 5.97. The lowest BCUT2D eigenvalue weighted by atomic mass is 9.98. The fourth-order valence-electron chi connectivity index (χ4n) is 1.95. The van der Waals surface area contributed by atoms with Gasteiger partial charge in [0.05, 0.1) is 10.5 Å². The molecule has 0 aliphatic heterocycles. The highest BCUT2D eigenvalue weighted by molar-refractivity contribution is 5.73. The summed E-state index contributed by atoms with van der Waals surface area (Å²) < 4.78 is 37.5. The van der Waals surface area contributed by atoms with E-state index in [1.165, 1.54) is 19.1 Å².